The third-order valence-corrected chi connectivity index (χ3v) is 8.41. The molecule has 0 aromatic rings. The smallest absolute Gasteiger partial charge is 0.194 e. The second kappa shape index (κ2) is 7.67. The molecule has 1 heterocycles. The Morgan fingerprint density at radius 1 is 1.20 bits per heavy atom. The fourth-order valence-corrected chi connectivity index (χ4v) is 7.34. The Kier molecular flexibility index (Phi) is 5.93. The predicted octanol–water partition coefficient (Wildman–Crippen LogP) is 2.53. The van der Waals surface area contributed by atoms with Crippen molar-refractivity contribution >= 4 is 27.6 Å². The predicted molar refractivity (Wildman–Crippen MR) is 107 cm³/mol. The summed E-state index contributed by atoms with van der Waals surface area (Å²) in [6.07, 6.45) is 10.1. The molecule has 0 aromatic carbocycles. The van der Waals surface area contributed by atoms with Gasteiger partial charge in [0.15, 0.2) is 5.96 Å². The van der Waals surface area contributed by atoms with Crippen LogP contribution >= 0.6 is 11.8 Å². The van der Waals surface area contributed by atoms with Crippen molar-refractivity contribution in [2.45, 2.75) is 56.6 Å². The fraction of sp³-hybridized carbons (Fsp3) is 0.944. The van der Waals surface area contributed by atoms with Gasteiger partial charge in [0, 0.05) is 48.3 Å². The van der Waals surface area contributed by atoms with Gasteiger partial charge in [0.05, 0.1) is 5.75 Å². The summed E-state index contributed by atoms with van der Waals surface area (Å²) in [4.78, 5) is 7.32. The summed E-state index contributed by atoms with van der Waals surface area (Å²) in [5.41, 5.74) is -0.0959. The first kappa shape index (κ1) is 19.3. The molecule has 3 fully saturated rings. The van der Waals surface area contributed by atoms with Gasteiger partial charge in [0.25, 0.3) is 0 Å². The van der Waals surface area contributed by atoms with Gasteiger partial charge in [-0.15, -0.1) is 0 Å². The van der Waals surface area contributed by atoms with E-state index >= 15 is 0 Å². The summed E-state index contributed by atoms with van der Waals surface area (Å²) in [6, 6.07) is 0. The lowest BCUT2D eigenvalue weighted by Crippen LogP contribution is -2.53. The van der Waals surface area contributed by atoms with Crippen LogP contribution in [-0.4, -0.2) is 68.0 Å². The van der Waals surface area contributed by atoms with Crippen molar-refractivity contribution < 1.29 is 8.42 Å². The van der Waals surface area contributed by atoms with E-state index in [1.165, 1.54) is 44.1 Å². The number of nitrogens with one attached hydrogen (secondary N) is 1. The van der Waals surface area contributed by atoms with Gasteiger partial charge >= 0.3 is 0 Å². The van der Waals surface area contributed by atoms with Crippen molar-refractivity contribution in [2.75, 3.05) is 43.9 Å². The Hall–Kier alpha value is -0.430. The Bertz CT molecular complexity index is 588. The Labute approximate surface area is 157 Å². The SMILES string of the molecule is CCNC(=NCC1(CS(C)(=O)=O)CC1)N1CCSC2(CCCCC2)C1. The van der Waals surface area contributed by atoms with E-state index in [-0.39, 0.29) is 11.2 Å². The van der Waals surface area contributed by atoms with E-state index in [0.29, 0.717) is 11.3 Å². The van der Waals surface area contributed by atoms with Crippen molar-refractivity contribution in [1.82, 2.24) is 10.2 Å². The molecule has 1 saturated heterocycles. The van der Waals surface area contributed by atoms with E-state index in [9.17, 15) is 8.42 Å². The van der Waals surface area contributed by atoms with Crippen LogP contribution in [0.15, 0.2) is 4.99 Å². The lowest BCUT2D eigenvalue weighted by Gasteiger charge is -2.45. The first-order valence-corrected chi connectivity index (χ1v) is 12.8. The van der Waals surface area contributed by atoms with Gasteiger partial charge < -0.3 is 10.2 Å². The number of rotatable bonds is 5. The zero-order valence-electron chi connectivity index (χ0n) is 15.7. The molecule has 1 spiro atoms. The molecule has 0 bridgehead atoms. The highest BCUT2D eigenvalue weighted by Crippen LogP contribution is 2.47. The molecule has 25 heavy (non-hydrogen) atoms. The van der Waals surface area contributed by atoms with Crippen LogP contribution in [0.4, 0.5) is 0 Å². The van der Waals surface area contributed by atoms with Gasteiger partial charge in [0.2, 0.25) is 0 Å². The monoisotopic (exact) mass is 387 g/mol. The first-order chi connectivity index (χ1) is 11.9. The van der Waals surface area contributed by atoms with Crippen LogP contribution < -0.4 is 5.32 Å². The van der Waals surface area contributed by atoms with Crippen LogP contribution in [-0.2, 0) is 9.84 Å². The maximum absolute atomic E-state index is 11.7. The number of aliphatic imine (C=N–C) groups is 1. The zero-order valence-corrected chi connectivity index (χ0v) is 17.4. The molecule has 0 amide bonds. The summed E-state index contributed by atoms with van der Waals surface area (Å²) in [5, 5.41) is 3.45. The maximum atomic E-state index is 11.7. The lowest BCUT2D eigenvalue weighted by molar-refractivity contribution is 0.293. The number of hydrogen-bond acceptors (Lipinski definition) is 4. The fourth-order valence-electron chi connectivity index (χ4n) is 4.27. The molecule has 3 aliphatic rings. The average molecular weight is 388 g/mol. The molecule has 0 unspecified atom stereocenters. The van der Waals surface area contributed by atoms with Gasteiger partial charge in [-0.3, -0.25) is 4.99 Å². The Morgan fingerprint density at radius 2 is 1.92 bits per heavy atom. The lowest BCUT2D eigenvalue weighted by atomic mass is 9.87. The molecule has 2 aliphatic carbocycles. The molecule has 7 heteroatoms. The average Bonchev–Trinajstić information content (AvgIpc) is 3.30. The van der Waals surface area contributed by atoms with Crippen LogP contribution in [0.2, 0.25) is 0 Å². The molecule has 0 atom stereocenters. The van der Waals surface area contributed by atoms with Crippen molar-refractivity contribution in [3.63, 3.8) is 0 Å². The van der Waals surface area contributed by atoms with Crippen LogP contribution in [0.1, 0.15) is 51.9 Å². The largest absolute Gasteiger partial charge is 0.357 e. The molecule has 1 N–H and O–H groups in total. The number of thioether (sulfide) groups is 1. The highest BCUT2D eigenvalue weighted by atomic mass is 32.2. The van der Waals surface area contributed by atoms with Crippen LogP contribution in [0.25, 0.3) is 0 Å². The second-order valence-corrected chi connectivity index (χ2v) is 12.0. The van der Waals surface area contributed by atoms with Crippen molar-refractivity contribution in [3.8, 4) is 0 Å². The van der Waals surface area contributed by atoms with E-state index in [1.807, 2.05) is 0 Å². The van der Waals surface area contributed by atoms with Crippen molar-refractivity contribution in [2.24, 2.45) is 10.4 Å². The summed E-state index contributed by atoms with van der Waals surface area (Å²) in [6.45, 7) is 5.72. The molecule has 0 aromatic heterocycles. The number of hydrogen-bond donors (Lipinski definition) is 1. The third kappa shape index (κ3) is 5.28. The van der Waals surface area contributed by atoms with E-state index in [1.54, 1.807) is 0 Å². The molecule has 2 saturated carbocycles. The minimum absolute atomic E-state index is 0.0959. The van der Waals surface area contributed by atoms with Gasteiger partial charge in [-0.25, -0.2) is 8.42 Å². The van der Waals surface area contributed by atoms with Crippen LogP contribution in [0.3, 0.4) is 0 Å². The summed E-state index contributed by atoms with van der Waals surface area (Å²) in [5.74, 6) is 2.44. The first-order valence-electron chi connectivity index (χ1n) is 9.70. The molecule has 0 radical (unpaired) electrons. The summed E-state index contributed by atoms with van der Waals surface area (Å²) >= 11 is 2.17. The topological polar surface area (TPSA) is 61.8 Å². The summed E-state index contributed by atoms with van der Waals surface area (Å²) in [7, 11) is -2.93. The minimum Gasteiger partial charge on any atom is -0.357 e. The van der Waals surface area contributed by atoms with Gasteiger partial charge in [-0.1, -0.05) is 19.3 Å². The quantitative estimate of drug-likeness (QED) is 0.580. The minimum atomic E-state index is -2.93. The number of nitrogens with zero attached hydrogens (tertiary/aromatic N) is 2. The zero-order chi connectivity index (χ0) is 18.0. The van der Waals surface area contributed by atoms with Crippen LogP contribution in [0.5, 0.6) is 0 Å². The van der Waals surface area contributed by atoms with E-state index < -0.39 is 9.84 Å². The number of guanidine groups is 1. The summed E-state index contributed by atoms with van der Waals surface area (Å²) < 4.78 is 23.8. The second-order valence-electron chi connectivity index (χ2n) is 8.25. The van der Waals surface area contributed by atoms with Gasteiger partial charge in [-0.05, 0) is 32.6 Å². The normalized spacial score (nSPS) is 25.8. The van der Waals surface area contributed by atoms with Gasteiger partial charge in [-0.2, -0.15) is 11.8 Å². The molecular formula is C18H33N3O2S2. The number of sulfone groups is 1. The van der Waals surface area contributed by atoms with Gasteiger partial charge in [0.1, 0.15) is 9.84 Å². The highest BCUT2D eigenvalue weighted by molar-refractivity contribution is 8.00. The standard InChI is InChI=1S/C18H33N3O2S2/c1-3-19-16(20-13-17(9-10-17)15-25(2,22)23)21-11-12-24-18(14-21)7-5-4-6-8-18/h3-15H2,1-2H3,(H,19,20). The van der Waals surface area contributed by atoms with Crippen molar-refractivity contribution in [1.29, 1.82) is 0 Å². The molecule has 3 rings (SSSR count). The van der Waals surface area contributed by atoms with E-state index in [2.05, 4.69) is 28.9 Å². The van der Waals surface area contributed by atoms with E-state index in [4.69, 9.17) is 4.99 Å². The van der Waals surface area contributed by atoms with Crippen LogP contribution in [0, 0.1) is 5.41 Å². The maximum Gasteiger partial charge on any atom is 0.194 e. The molecule has 1 aliphatic heterocycles. The van der Waals surface area contributed by atoms with E-state index in [0.717, 1.165) is 38.4 Å². The Balaban J connectivity index is 1.67. The highest BCUT2D eigenvalue weighted by Gasteiger charge is 2.45. The van der Waals surface area contributed by atoms with Crippen molar-refractivity contribution in [3.05, 3.63) is 0 Å². The Morgan fingerprint density at radius 3 is 2.52 bits per heavy atom. The third-order valence-electron chi connectivity index (χ3n) is 5.74. The molecule has 5 nitrogen and oxygen atoms in total. The molecule has 144 valence electrons. The molecular weight excluding hydrogens is 354 g/mol.